The molecule has 0 amide bonds. The van der Waals surface area contributed by atoms with Gasteiger partial charge in [0.1, 0.15) is 17.5 Å². The standard InChI is InChI=1S/C17H22O4/c1-17(12-8-10-13(19-2)11-9-12)15(21-17)16(18)20-14-6-4-3-5-7-14/h8-11,14-15H,3-7H2,1-2H3. The first-order valence-electron chi connectivity index (χ1n) is 7.66. The van der Waals surface area contributed by atoms with Gasteiger partial charge in [-0.15, -0.1) is 0 Å². The Morgan fingerprint density at radius 2 is 1.86 bits per heavy atom. The van der Waals surface area contributed by atoms with E-state index in [4.69, 9.17) is 14.2 Å². The molecule has 0 radical (unpaired) electrons. The molecule has 1 saturated carbocycles. The molecule has 4 heteroatoms. The number of ether oxygens (including phenoxy) is 3. The van der Waals surface area contributed by atoms with Gasteiger partial charge in [-0.1, -0.05) is 18.6 Å². The minimum Gasteiger partial charge on any atom is -0.497 e. The van der Waals surface area contributed by atoms with E-state index in [1.54, 1.807) is 7.11 Å². The van der Waals surface area contributed by atoms with Crippen LogP contribution in [0.2, 0.25) is 0 Å². The van der Waals surface area contributed by atoms with Crippen molar-refractivity contribution < 1.29 is 19.0 Å². The normalized spacial score (nSPS) is 29.0. The summed E-state index contributed by atoms with van der Waals surface area (Å²) in [5.41, 5.74) is 0.423. The first kappa shape index (κ1) is 14.4. The molecular formula is C17H22O4. The summed E-state index contributed by atoms with van der Waals surface area (Å²) in [6.07, 6.45) is 5.12. The molecule has 0 spiro atoms. The van der Waals surface area contributed by atoms with Crippen molar-refractivity contribution in [1.29, 1.82) is 0 Å². The SMILES string of the molecule is COc1ccc(C2(C)OC2C(=O)OC2CCCCC2)cc1. The molecule has 2 fully saturated rings. The van der Waals surface area contributed by atoms with Gasteiger partial charge in [0.05, 0.1) is 7.11 Å². The van der Waals surface area contributed by atoms with E-state index in [2.05, 4.69) is 0 Å². The van der Waals surface area contributed by atoms with Gasteiger partial charge in [0, 0.05) is 0 Å². The Morgan fingerprint density at radius 3 is 2.48 bits per heavy atom. The third kappa shape index (κ3) is 2.91. The molecule has 1 saturated heterocycles. The second kappa shape index (κ2) is 5.68. The highest BCUT2D eigenvalue weighted by molar-refractivity contribution is 5.80. The summed E-state index contributed by atoms with van der Waals surface area (Å²) in [5, 5.41) is 0. The third-order valence-electron chi connectivity index (χ3n) is 4.52. The first-order valence-corrected chi connectivity index (χ1v) is 7.66. The highest BCUT2D eigenvalue weighted by Gasteiger charge is 2.59. The fraction of sp³-hybridized carbons (Fsp3) is 0.588. The fourth-order valence-electron chi connectivity index (χ4n) is 3.03. The number of carbonyl (C=O) groups is 1. The smallest absolute Gasteiger partial charge is 0.338 e. The number of hydrogen-bond donors (Lipinski definition) is 0. The highest BCUT2D eigenvalue weighted by atomic mass is 16.7. The molecule has 1 aliphatic heterocycles. The zero-order valence-corrected chi connectivity index (χ0v) is 12.6. The Hall–Kier alpha value is -1.55. The van der Waals surface area contributed by atoms with E-state index in [0.29, 0.717) is 0 Å². The van der Waals surface area contributed by atoms with Gasteiger partial charge in [0.15, 0.2) is 6.10 Å². The van der Waals surface area contributed by atoms with Crippen molar-refractivity contribution >= 4 is 5.97 Å². The molecule has 0 aromatic heterocycles. The van der Waals surface area contributed by atoms with Gasteiger partial charge in [-0.3, -0.25) is 0 Å². The summed E-state index contributed by atoms with van der Waals surface area (Å²) in [6, 6.07) is 7.64. The zero-order chi connectivity index (χ0) is 14.9. The number of carbonyl (C=O) groups excluding carboxylic acids is 1. The molecule has 0 bridgehead atoms. The van der Waals surface area contributed by atoms with Crippen LogP contribution in [0, 0.1) is 0 Å². The van der Waals surface area contributed by atoms with E-state index >= 15 is 0 Å². The lowest BCUT2D eigenvalue weighted by Crippen LogP contribution is -2.26. The van der Waals surface area contributed by atoms with Gasteiger partial charge < -0.3 is 14.2 Å². The molecule has 2 atom stereocenters. The van der Waals surface area contributed by atoms with E-state index in [1.807, 2.05) is 31.2 Å². The van der Waals surface area contributed by atoms with Gasteiger partial charge in [-0.05, 0) is 50.3 Å². The molecule has 114 valence electrons. The second-order valence-electron chi connectivity index (χ2n) is 6.03. The Morgan fingerprint density at radius 1 is 1.19 bits per heavy atom. The number of methoxy groups -OCH3 is 1. The van der Waals surface area contributed by atoms with Crippen molar-refractivity contribution in [2.45, 2.75) is 56.8 Å². The predicted octanol–water partition coefficient (Wildman–Crippen LogP) is 3.19. The Balaban J connectivity index is 1.61. The van der Waals surface area contributed by atoms with Gasteiger partial charge in [0.25, 0.3) is 0 Å². The average Bonchev–Trinajstić information content (AvgIpc) is 3.22. The molecular weight excluding hydrogens is 268 g/mol. The van der Waals surface area contributed by atoms with Crippen LogP contribution in [0.1, 0.15) is 44.6 Å². The Kier molecular flexibility index (Phi) is 3.89. The lowest BCUT2D eigenvalue weighted by molar-refractivity contribution is -0.152. The maximum absolute atomic E-state index is 12.2. The molecule has 1 aromatic carbocycles. The molecule has 4 nitrogen and oxygen atoms in total. The molecule has 2 aliphatic rings. The summed E-state index contributed by atoms with van der Waals surface area (Å²) in [7, 11) is 1.63. The average molecular weight is 290 g/mol. The topological polar surface area (TPSA) is 48.1 Å². The van der Waals surface area contributed by atoms with Gasteiger partial charge in [-0.25, -0.2) is 4.79 Å². The maximum atomic E-state index is 12.2. The van der Waals surface area contributed by atoms with E-state index in [0.717, 1.165) is 37.0 Å². The molecule has 1 aromatic rings. The van der Waals surface area contributed by atoms with Crippen molar-refractivity contribution in [1.82, 2.24) is 0 Å². The van der Waals surface area contributed by atoms with Crippen molar-refractivity contribution in [2.24, 2.45) is 0 Å². The fourth-order valence-corrected chi connectivity index (χ4v) is 3.03. The van der Waals surface area contributed by atoms with E-state index in [9.17, 15) is 4.79 Å². The van der Waals surface area contributed by atoms with Crippen LogP contribution < -0.4 is 4.74 Å². The number of benzene rings is 1. The Bertz CT molecular complexity index is 504. The van der Waals surface area contributed by atoms with Crippen LogP contribution in [0.5, 0.6) is 5.75 Å². The predicted molar refractivity (Wildman–Crippen MR) is 78.2 cm³/mol. The van der Waals surface area contributed by atoms with Crippen LogP contribution in [0.4, 0.5) is 0 Å². The van der Waals surface area contributed by atoms with Crippen molar-refractivity contribution in [3.8, 4) is 5.75 Å². The van der Waals surface area contributed by atoms with E-state index in [-0.39, 0.29) is 12.1 Å². The second-order valence-corrected chi connectivity index (χ2v) is 6.03. The molecule has 1 heterocycles. The summed E-state index contributed by atoms with van der Waals surface area (Å²) in [5.74, 6) is 0.574. The van der Waals surface area contributed by atoms with Crippen LogP contribution in [0.3, 0.4) is 0 Å². The van der Waals surface area contributed by atoms with Crippen LogP contribution in [0.15, 0.2) is 24.3 Å². The number of rotatable bonds is 4. The monoisotopic (exact) mass is 290 g/mol. The summed E-state index contributed by atoms with van der Waals surface area (Å²) in [4.78, 5) is 12.2. The molecule has 0 N–H and O–H groups in total. The summed E-state index contributed by atoms with van der Waals surface area (Å²) in [6.45, 7) is 1.93. The van der Waals surface area contributed by atoms with Crippen LogP contribution in [-0.4, -0.2) is 25.3 Å². The van der Waals surface area contributed by atoms with Crippen molar-refractivity contribution in [3.05, 3.63) is 29.8 Å². The maximum Gasteiger partial charge on any atom is 0.338 e. The van der Waals surface area contributed by atoms with Crippen LogP contribution in [-0.2, 0) is 19.9 Å². The minimum atomic E-state index is -0.558. The zero-order valence-electron chi connectivity index (χ0n) is 12.6. The molecule has 21 heavy (non-hydrogen) atoms. The van der Waals surface area contributed by atoms with Gasteiger partial charge in [0.2, 0.25) is 0 Å². The van der Waals surface area contributed by atoms with E-state index in [1.165, 1.54) is 6.42 Å². The number of esters is 1. The molecule has 1 aliphatic carbocycles. The number of epoxide rings is 1. The van der Waals surface area contributed by atoms with Crippen LogP contribution >= 0.6 is 0 Å². The lowest BCUT2D eigenvalue weighted by atomic mass is 9.96. The Labute approximate surface area is 125 Å². The summed E-state index contributed by atoms with van der Waals surface area (Å²) >= 11 is 0. The quantitative estimate of drug-likeness (QED) is 0.631. The van der Waals surface area contributed by atoms with Crippen molar-refractivity contribution in [3.63, 3.8) is 0 Å². The van der Waals surface area contributed by atoms with E-state index < -0.39 is 11.7 Å². The minimum absolute atomic E-state index is 0.0792. The van der Waals surface area contributed by atoms with Crippen LogP contribution in [0.25, 0.3) is 0 Å². The number of hydrogen-bond acceptors (Lipinski definition) is 4. The lowest BCUT2D eigenvalue weighted by Gasteiger charge is -2.21. The molecule has 3 rings (SSSR count). The highest BCUT2D eigenvalue weighted by Crippen LogP contribution is 2.47. The molecule has 2 unspecified atom stereocenters. The largest absolute Gasteiger partial charge is 0.497 e. The first-order chi connectivity index (χ1) is 10.1. The van der Waals surface area contributed by atoms with Crippen molar-refractivity contribution in [2.75, 3.05) is 7.11 Å². The van der Waals surface area contributed by atoms with Gasteiger partial charge >= 0.3 is 5.97 Å². The third-order valence-corrected chi connectivity index (χ3v) is 4.52. The summed E-state index contributed by atoms with van der Waals surface area (Å²) < 4.78 is 16.4. The van der Waals surface area contributed by atoms with Gasteiger partial charge in [-0.2, -0.15) is 0 Å².